The van der Waals surface area contributed by atoms with E-state index in [1.807, 2.05) is 26.8 Å². The second-order valence-corrected chi connectivity index (χ2v) is 4.97. The molecule has 2 aromatic rings. The molecule has 1 heterocycles. The number of carbonyl (C=O) groups is 1. The van der Waals surface area contributed by atoms with Gasteiger partial charge in [-0.25, -0.2) is 0 Å². The topological polar surface area (TPSA) is 34.9 Å². The van der Waals surface area contributed by atoms with Gasteiger partial charge in [0, 0.05) is 17.8 Å². The zero-order valence-corrected chi connectivity index (χ0v) is 11.4. The lowest BCUT2D eigenvalue weighted by atomic mass is 10.1. The lowest BCUT2D eigenvalue weighted by Crippen LogP contribution is -2.13. The summed E-state index contributed by atoms with van der Waals surface area (Å²) in [4.78, 5) is 12.4. The zero-order chi connectivity index (χ0) is 13.3. The number of carbonyl (C=O) groups excluding carboxylic acids is 1. The van der Waals surface area contributed by atoms with E-state index in [-0.39, 0.29) is 11.8 Å². The molecule has 0 radical (unpaired) electrons. The summed E-state index contributed by atoms with van der Waals surface area (Å²) in [6.07, 6.45) is 1.63. The van der Waals surface area contributed by atoms with Crippen molar-refractivity contribution < 1.29 is 4.79 Å². The Balaban J connectivity index is 2.45. The number of aromatic nitrogens is 2. The highest BCUT2D eigenvalue weighted by molar-refractivity contribution is 6.34. The Morgan fingerprint density at radius 3 is 2.67 bits per heavy atom. The average molecular weight is 263 g/mol. The van der Waals surface area contributed by atoms with Gasteiger partial charge in [0.25, 0.3) is 0 Å². The van der Waals surface area contributed by atoms with Gasteiger partial charge < -0.3 is 0 Å². The molecule has 4 heteroatoms. The molecular formula is C14H15ClN2O. The van der Waals surface area contributed by atoms with Gasteiger partial charge in [-0.3, -0.25) is 9.48 Å². The number of aryl methyl sites for hydroxylation is 1. The van der Waals surface area contributed by atoms with Crippen molar-refractivity contribution in [1.29, 1.82) is 0 Å². The number of rotatable bonds is 3. The molecule has 2 rings (SSSR count). The Kier molecular flexibility index (Phi) is 3.53. The van der Waals surface area contributed by atoms with Crippen LogP contribution in [0.25, 0.3) is 0 Å². The molecule has 0 aliphatic rings. The lowest BCUT2D eigenvalue weighted by molar-refractivity contribution is 0.102. The third-order valence-electron chi connectivity index (χ3n) is 2.76. The molecule has 0 fully saturated rings. The number of halogens is 1. The van der Waals surface area contributed by atoms with E-state index in [2.05, 4.69) is 5.10 Å². The van der Waals surface area contributed by atoms with E-state index in [0.717, 1.165) is 5.56 Å². The first-order chi connectivity index (χ1) is 8.50. The Morgan fingerprint density at radius 2 is 2.06 bits per heavy atom. The van der Waals surface area contributed by atoms with E-state index < -0.39 is 0 Å². The standard InChI is InChI=1S/C14H15ClN2O/c1-9(2)17-13(6-7-16-17)14(18)11-5-4-10(3)8-12(11)15/h4-9H,1-3H3. The second-order valence-electron chi connectivity index (χ2n) is 4.57. The minimum absolute atomic E-state index is 0.0915. The van der Waals surface area contributed by atoms with E-state index in [0.29, 0.717) is 16.3 Å². The monoisotopic (exact) mass is 262 g/mol. The molecule has 0 aliphatic heterocycles. The maximum atomic E-state index is 12.4. The van der Waals surface area contributed by atoms with Crippen molar-refractivity contribution in [3.8, 4) is 0 Å². The molecule has 0 unspecified atom stereocenters. The van der Waals surface area contributed by atoms with Crippen molar-refractivity contribution in [3.05, 3.63) is 52.3 Å². The lowest BCUT2D eigenvalue weighted by Gasteiger charge is -2.11. The quantitative estimate of drug-likeness (QED) is 0.792. The molecule has 1 aromatic heterocycles. The highest BCUT2D eigenvalue weighted by Crippen LogP contribution is 2.21. The fraction of sp³-hybridized carbons (Fsp3) is 0.286. The van der Waals surface area contributed by atoms with Crippen LogP contribution in [0.1, 0.15) is 41.5 Å². The van der Waals surface area contributed by atoms with Gasteiger partial charge in [-0.05, 0) is 44.5 Å². The maximum absolute atomic E-state index is 12.4. The smallest absolute Gasteiger partial charge is 0.212 e. The van der Waals surface area contributed by atoms with E-state index in [1.165, 1.54) is 0 Å². The molecule has 94 valence electrons. The Bertz CT molecular complexity index is 587. The van der Waals surface area contributed by atoms with Gasteiger partial charge in [0.1, 0.15) is 5.69 Å². The molecule has 1 aromatic carbocycles. The largest absolute Gasteiger partial charge is 0.287 e. The predicted octanol–water partition coefficient (Wildman–Crippen LogP) is 3.66. The van der Waals surface area contributed by atoms with Crippen LogP contribution in [0.15, 0.2) is 30.5 Å². The Morgan fingerprint density at radius 1 is 1.33 bits per heavy atom. The van der Waals surface area contributed by atoms with Gasteiger partial charge in [-0.1, -0.05) is 17.7 Å². The fourth-order valence-electron chi connectivity index (χ4n) is 1.85. The second kappa shape index (κ2) is 4.94. The van der Waals surface area contributed by atoms with Crippen LogP contribution >= 0.6 is 11.6 Å². The minimum atomic E-state index is -0.0915. The van der Waals surface area contributed by atoms with Gasteiger partial charge in [0.05, 0.1) is 5.02 Å². The summed E-state index contributed by atoms with van der Waals surface area (Å²) in [6, 6.07) is 7.30. The fourth-order valence-corrected chi connectivity index (χ4v) is 2.17. The molecule has 18 heavy (non-hydrogen) atoms. The number of nitrogens with zero attached hydrogens (tertiary/aromatic N) is 2. The molecule has 3 nitrogen and oxygen atoms in total. The molecule has 0 atom stereocenters. The predicted molar refractivity (Wildman–Crippen MR) is 72.2 cm³/mol. The first-order valence-corrected chi connectivity index (χ1v) is 6.23. The summed E-state index contributed by atoms with van der Waals surface area (Å²) < 4.78 is 1.71. The molecule has 0 amide bonds. The van der Waals surface area contributed by atoms with Gasteiger partial charge in [-0.15, -0.1) is 0 Å². The summed E-state index contributed by atoms with van der Waals surface area (Å²) >= 11 is 6.12. The van der Waals surface area contributed by atoms with Gasteiger partial charge >= 0.3 is 0 Å². The first-order valence-electron chi connectivity index (χ1n) is 5.85. The van der Waals surface area contributed by atoms with Crippen molar-refractivity contribution in [3.63, 3.8) is 0 Å². The van der Waals surface area contributed by atoms with Gasteiger partial charge in [0.2, 0.25) is 5.78 Å². The van der Waals surface area contributed by atoms with Crippen LogP contribution in [0.4, 0.5) is 0 Å². The number of hydrogen-bond acceptors (Lipinski definition) is 2. The van der Waals surface area contributed by atoms with E-state index >= 15 is 0 Å². The van der Waals surface area contributed by atoms with Crippen LogP contribution in [-0.2, 0) is 0 Å². The van der Waals surface area contributed by atoms with Crippen LogP contribution in [0.2, 0.25) is 5.02 Å². The van der Waals surface area contributed by atoms with Crippen LogP contribution in [0.5, 0.6) is 0 Å². The summed E-state index contributed by atoms with van der Waals surface area (Å²) in [5.74, 6) is -0.0915. The molecule has 0 N–H and O–H groups in total. The van der Waals surface area contributed by atoms with E-state index in [9.17, 15) is 4.79 Å². The van der Waals surface area contributed by atoms with E-state index in [4.69, 9.17) is 11.6 Å². The summed E-state index contributed by atoms with van der Waals surface area (Å²) in [6.45, 7) is 5.92. The number of hydrogen-bond donors (Lipinski definition) is 0. The van der Waals surface area contributed by atoms with Gasteiger partial charge in [-0.2, -0.15) is 5.10 Å². The summed E-state index contributed by atoms with van der Waals surface area (Å²) in [5, 5.41) is 4.65. The SMILES string of the molecule is Cc1ccc(C(=O)c2ccnn2C(C)C)c(Cl)c1. The van der Waals surface area contributed by atoms with Crippen LogP contribution in [0, 0.1) is 6.92 Å². The highest BCUT2D eigenvalue weighted by Gasteiger charge is 2.18. The Labute approximate surface area is 111 Å². The maximum Gasteiger partial charge on any atom is 0.212 e. The van der Waals surface area contributed by atoms with Crippen molar-refractivity contribution in [2.75, 3.05) is 0 Å². The zero-order valence-electron chi connectivity index (χ0n) is 10.6. The highest BCUT2D eigenvalue weighted by atomic mass is 35.5. The van der Waals surface area contributed by atoms with Crippen molar-refractivity contribution in [2.24, 2.45) is 0 Å². The normalized spacial score (nSPS) is 10.9. The van der Waals surface area contributed by atoms with Crippen LogP contribution < -0.4 is 0 Å². The average Bonchev–Trinajstić information content (AvgIpc) is 2.77. The van der Waals surface area contributed by atoms with Crippen molar-refractivity contribution in [2.45, 2.75) is 26.8 Å². The molecule has 0 aliphatic carbocycles. The first kappa shape index (κ1) is 12.8. The van der Waals surface area contributed by atoms with Crippen molar-refractivity contribution in [1.82, 2.24) is 9.78 Å². The summed E-state index contributed by atoms with van der Waals surface area (Å²) in [5.41, 5.74) is 2.12. The summed E-state index contributed by atoms with van der Waals surface area (Å²) in [7, 11) is 0. The van der Waals surface area contributed by atoms with E-state index in [1.54, 1.807) is 29.1 Å². The minimum Gasteiger partial charge on any atom is -0.287 e. The molecule has 0 bridgehead atoms. The number of benzene rings is 1. The molecule has 0 spiro atoms. The third kappa shape index (κ3) is 2.31. The molecule has 0 saturated heterocycles. The third-order valence-corrected chi connectivity index (χ3v) is 3.07. The number of ketones is 1. The van der Waals surface area contributed by atoms with Crippen molar-refractivity contribution >= 4 is 17.4 Å². The molecule has 0 saturated carbocycles. The Hall–Kier alpha value is -1.61. The van der Waals surface area contributed by atoms with Gasteiger partial charge in [0.15, 0.2) is 0 Å². The molecular weight excluding hydrogens is 248 g/mol. The van der Waals surface area contributed by atoms with Crippen LogP contribution in [0.3, 0.4) is 0 Å². The van der Waals surface area contributed by atoms with Crippen LogP contribution in [-0.4, -0.2) is 15.6 Å².